The van der Waals surface area contributed by atoms with Crippen molar-refractivity contribution in [3.05, 3.63) is 65.4 Å². The highest BCUT2D eigenvalue weighted by molar-refractivity contribution is 5.94. The number of rotatable bonds is 1. The van der Waals surface area contributed by atoms with Crippen molar-refractivity contribution in [3.8, 4) is 11.3 Å². The Bertz CT molecular complexity index is 966. The van der Waals surface area contributed by atoms with Crippen LogP contribution in [0.25, 0.3) is 22.0 Å². The van der Waals surface area contributed by atoms with Crippen LogP contribution < -0.4 is 4.57 Å². The molecule has 0 aliphatic heterocycles. The summed E-state index contributed by atoms with van der Waals surface area (Å²) in [5.41, 5.74) is 7.01. The molecule has 0 aliphatic carbocycles. The van der Waals surface area contributed by atoms with Crippen LogP contribution in [0, 0.1) is 6.92 Å². The van der Waals surface area contributed by atoms with Crippen LogP contribution in [-0.2, 0) is 17.9 Å². The summed E-state index contributed by atoms with van der Waals surface area (Å²) in [4.78, 5) is 0. The van der Waals surface area contributed by atoms with Gasteiger partial charge in [-0.3, -0.25) is 0 Å². The molecule has 2 aromatic carbocycles. The largest absolute Gasteiger partial charge is 0.220 e. The molecular weight excluding hydrogens is 314 g/mol. The lowest BCUT2D eigenvalue weighted by Gasteiger charge is -2.21. The third kappa shape index (κ3) is 3.40. The smallest absolute Gasteiger partial charge is 0.200 e. The molecule has 0 atom stereocenters. The normalized spacial score (nSPS) is 12.6. The summed E-state index contributed by atoms with van der Waals surface area (Å²) in [5, 5.41) is 2.63. The van der Waals surface area contributed by atoms with E-state index in [9.17, 15) is 0 Å². The van der Waals surface area contributed by atoms with Gasteiger partial charge in [-0.1, -0.05) is 65.8 Å². The van der Waals surface area contributed by atoms with Gasteiger partial charge in [0.2, 0.25) is 5.69 Å². The first-order valence-corrected chi connectivity index (χ1v) is 9.53. The van der Waals surface area contributed by atoms with Crippen molar-refractivity contribution < 1.29 is 4.57 Å². The van der Waals surface area contributed by atoms with Crippen LogP contribution in [0.3, 0.4) is 0 Å². The average molecular weight is 347 g/mol. The maximum absolute atomic E-state index is 2.38. The second-order valence-electron chi connectivity index (χ2n) is 9.61. The van der Waals surface area contributed by atoms with Crippen molar-refractivity contribution in [1.82, 2.24) is 0 Å². The van der Waals surface area contributed by atoms with Crippen molar-refractivity contribution >= 4 is 10.8 Å². The Kier molecular flexibility index (Phi) is 4.46. The van der Waals surface area contributed by atoms with Gasteiger partial charge in [0.25, 0.3) is 0 Å². The van der Waals surface area contributed by atoms with Crippen molar-refractivity contribution in [2.75, 3.05) is 0 Å². The van der Waals surface area contributed by atoms with E-state index in [-0.39, 0.29) is 10.8 Å². The van der Waals surface area contributed by atoms with E-state index in [2.05, 4.69) is 109 Å². The van der Waals surface area contributed by atoms with E-state index in [1.54, 1.807) is 0 Å². The predicted molar refractivity (Wildman–Crippen MR) is 113 cm³/mol. The van der Waals surface area contributed by atoms with Crippen molar-refractivity contribution in [2.45, 2.75) is 59.3 Å². The first-order chi connectivity index (χ1) is 12.0. The van der Waals surface area contributed by atoms with Gasteiger partial charge in [-0.2, -0.15) is 0 Å². The fourth-order valence-corrected chi connectivity index (χ4v) is 3.52. The summed E-state index contributed by atoms with van der Waals surface area (Å²) in [6, 6.07) is 16.1. The van der Waals surface area contributed by atoms with Crippen LogP contribution in [0.15, 0.2) is 48.7 Å². The Morgan fingerprint density at radius 1 is 0.731 bits per heavy atom. The SMILES string of the molecule is Cc1ccc(C(C)(C)C)cc1-c1c2ccc(C(C)(C)C)cc2cc[n+]1C. The van der Waals surface area contributed by atoms with Gasteiger partial charge >= 0.3 is 0 Å². The van der Waals surface area contributed by atoms with E-state index in [1.165, 1.54) is 38.7 Å². The highest BCUT2D eigenvalue weighted by Crippen LogP contribution is 2.34. The lowest BCUT2D eigenvalue weighted by Crippen LogP contribution is -2.31. The summed E-state index contributed by atoms with van der Waals surface area (Å²) in [6.45, 7) is 15.9. The summed E-state index contributed by atoms with van der Waals surface area (Å²) >= 11 is 0. The number of nitrogens with zero attached hydrogens (tertiary/aromatic N) is 1. The lowest BCUT2D eigenvalue weighted by molar-refractivity contribution is -0.659. The number of benzene rings is 2. The molecule has 136 valence electrons. The molecule has 0 N–H and O–H groups in total. The molecule has 0 saturated heterocycles. The second-order valence-corrected chi connectivity index (χ2v) is 9.61. The van der Waals surface area contributed by atoms with Crippen LogP contribution in [0.1, 0.15) is 58.2 Å². The zero-order valence-corrected chi connectivity index (χ0v) is 17.6. The van der Waals surface area contributed by atoms with E-state index in [0.717, 1.165) is 0 Å². The Morgan fingerprint density at radius 3 is 1.92 bits per heavy atom. The Morgan fingerprint density at radius 2 is 1.31 bits per heavy atom. The van der Waals surface area contributed by atoms with E-state index in [1.807, 2.05) is 0 Å². The summed E-state index contributed by atoms with van der Waals surface area (Å²) in [5.74, 6) is 0. The predicted octanol–water partition coefficient (Wildman–Crippen LogP) is 6.23. The minimum absolute atomic E-state index is 0.144. The third-order valence-corrected chi connectivity index (χ3v) is 5.36. The molecule has 3 aromatic rings. The molecule has 1 nitrogen and oxygen atoms in total. The van der Waals surface area contributed by atoms with Crippen molar-refractivity contribution in [1.29, 1.82) is 0 Å². The first kappa shape index (κ1) is 18.6. The monoisotopic (exact) mass is 346 g/mol. The second kappa shape index (κ2) is 6.23. The van der Waals surface area contributed by atoms with E-state index < -0.39 is 0 Å². The van der Waals surface area contributed by atoms with Crippen LogP contribution in [-0.4, -0.2) is 0 Å². The quantitative estimate of drug-likeness (QED) is 0.460. The number of aryl methyl sites for hydroxylation is 2. The fourth-order valence-electron chi connectivity index (χ4n) is 3.52. The molecule has 0 unspecified atom stereocenters. The average Bonchev–Trinajstić information content (AvgIpc) is 2.53. The van der Waals surface area contributed by atoms with Crippen LogP contribution in [0.2, 0.25) is 0 Å². The molecule has 0 radical (unpaired) electrons. The van der Waals surface area contributed by atoms with Gasteiger partial charge in [-0.15, -0.1) is 0 Å². The number of hydrogen-bond acceptors (Lipinski definition) is 0. The summed E-state index contributed by atoms with van der Waals surface area (Å²) in [7, 11) is 2.15. The standard InChI is InChI=1S/C25H32N/c1-17-9-10-20(25(5,6)7)16-22(17)23-21-12-11-19(24(2,3)4)15-18(21)13-14-26(23)8/h9-16H,1-8H3/q+1. The molecule has 0 saturated carbocycles. The maximum atomic E-state index is 2.38. The molecule has 0 fully saturated rings. The minimum atomic E-state index is 0.144. The lowest BCUT2D eigenvalue weighted by atomic mass is 9.83. The summed E-state index contributed by atoms with van der Waals surface area (Å²) < 4.78 is 2.26. The fraction of sp³-hybridized carbons (Fsp3) is 0.400. The van der Waals surface area contributed by atoms with E-state index >= 15 is 0 Å². The van der Waals surface area contributed by atoms with Crippen molar-refractivity contribution in [3.63, 3.8) is 0 Å². The molecular formula is C25H32N+. The first-order valence-electron chi connectivity index (χ1n) is 9.53. The number of hydrogen-bond donors (Lipinski definition) is 0. The molecule has 1 heterocycles. The van der Waals surface area contributed by atoms with Gasteiger partial charge in [0, 0.05) is 11.6 Å². The highest BCUT2D eigenvalue weighted by Gasteiger charge is 2.22. The van der Waals surface area contributed by atoms with E-state index in [4.69, 9.17) is 0 Å². The van der Waals surface area contributed by atoms with Crippen LogP contribution in [0.4, 0.5) is 0 Å². The zero-order chi connectivity index (χ0) is 19.3. The Balaban J connectivity index is 2.30. The Hall–Kier alpha value is -2.15. The van der Waals surface area contributed by atoms with Gasteiger partial charge in [0.05, 0.1) is 5.39 Å². The number of aromatic nitrogens is 1. The molecule has 26 heavy (non-hydrogen) atoms. The zero-order valence-electron chi connectivity index (χ0n) is 17.6. The Labute approximate surface area is 158 Å². The van der Waals surface area contributed by atoms with Crippen LogP contribution >= 0.6 is 0 Å². The molecule has 3 rings (SSSR count). The van der Waals surface area contributed by atoms with Gasteiger partial charge in [-0.25, -0.2) is 4.57 Å². The minimum Gasteiger partial charge on any atom is -0.200 e. The molecule has 0 spiro atoms. The molecule has 0 amide bonds. The van der Waals surface area contributed by atoms with Gasteiger partial charge in [0.15, 0.2) is 6.20 Å². The third-order valence-electron chi connectivity index (χ3n) is 5.36. The topological polar surface area (TPSA) is 3.88 Å². The van der Waals surface area contributed by atoms with Crippen LogP contribution in [0.5, 0.6) is 0 Å². The van der Waals surface area contributed by atoms with Crippen molar-refractivity contribution in [2.24, 2.45) is 7.05 Å². The molecule has 1 aromatic heterocycles. The van der Waals surface area contributed by atoms with Gasteiger partial charge in [-0.05, 0) is 52.0 Å². The van der Waals surface area contributed by atoms with Gasteiger partial charge < -0.3 is 0 Å². The number of pyridine rings is 1. The maximum Gasteiger partial charge on any atom is 0.220 e. The van der Waals surface area contributed by atoms with Gasteiger partial charge in [0.1, 0.15) is 7.05 Å². The molecule has 0 bridgehead atoms. The molecule has 0 aliphatic rings. The highest BCUT2D eigenvalue weighted by atomic mass is 14.9. The number of fused-ring (bicyclic) bond motifs is 1. The molecule has 1 heteroatoms. The van der Waals surface area contributed by atoms with E-state index in [0.29, 0.717) is 0 Å². The summed E-state index contributed by atoms with van der Waals surface area (Å²) in [6.07, 6.45) is 2.19.